The van der Waals surface area contributed by atoms with Crippen LogP contribution in [-0.4, -0.2) is 45.9 Å². The molecule has 0 aromatic heterocycles. The molecule has 0 radical (unpaired) electrons. The topological polar surface area (TPSA) is 43.8 Å². The van der Waals surface area contributed by atoms with Gasteiger partial charge in [0.05, 0.1) is 5.92 Å². The summed E-state index contributed by atoms with van der Waals surface area (Å²) in [6.45, 7) is 7.98. The molecular weight excluding hydrogens is 316 g/mol. The van der Waals surface area contributed by atoms with Gasteiger partial charge in [-0.3, -0.25) is 4.79 Å². The van der Waals surface area contributed by atoms with Gasteiger partial charge in [0.2, 0.25) is 0 Å². The highest BCUT2D eigenvalue weighted by molar-refractivity contribution is 7.97. The molecule has 1 saturated heterocycles. The van der Waals surface area contributed by atoms with Crippen LogP contribution in [0.1, 0.15) is 26.7 Å². The first-order valence-electron chi connectivity index (χ1n) is 7.81. The van der Waals surface area contributed by atoms with Gasteiger partial charge in [0.1, 0.15) is 0 Å². The van der Waals surface area contributed by atoms with E-state index in [1.807, 2.05) is 0 Å². The van der Waals surface area contributed by atoms with E-state index in [1.165, 1.54) is 9.79 Å². The van der Waals surface area contributed by atoms with Gasteiger partial charge in [-0.1, -0.05) is 13.8 Å². The van der Waals surface area contributed by atoms with Gasteiger partial charge < -0.3 is 5.11 Å². The van der Waals surface area contributed by atoms with Crippen molar-refractivity contribution >= 4 is 29.9 Å². The van der Waals surface area contributed by atoms with Crippen molar-refractivity contribution in [1.82, 2.24) is 8.61 Å². The van der Waals surface area contributed by atoms with E-state index in [0.717, 1.165) is 32.5 Å². The summed E-state index contributed by atoms with van der Waals surface area (Å²) in [4.78, 5) is 13.5. The Bertz CT molecular complexity index is 478. The van der Waals surface area contributed by atoms with Crippen LogP contribution in [0.5, 0.6) is 0 Å². The Morgan fingerprint density at radius 1 is 1.27 bits per heavy atom. The van der Waals surface area contributed by atoms with Crippen LogP contribution >= 0.6 is 23.9 Å². The minimum absolute atomic E-state index is 0.223. The molecular formula is C16H24N2O2S2. The SMILES string of the molecule is CCN(CC)Sc1ccc(SN2CCCC(C(=O)O)C2)cc1. The Kier molecular flexibility index (Phi) is 7.08. The molecule has 1 aromatic carbocycles. The second-order valence-electron chi connectivity index (χ2n) is 5.33. The lowest BCUT2D eigenvalue weighted by Crippen LogP contribution is -2.34. The Morgan fingerprint density at radius 3 is 2.50 bits per heavy atom. The normalized spacial score (nSPS) is 19.5. The highest BCUT2D eigenvalue weighted by Crippen LogP contribution is 2.30. The van der Waals surface area contributed by atoms with Crippen molar-refractivity contribution in [1.29, 1.82) is 0 Å². The number of piperidine rings is 1. The fraction of sp³-hybridized carbons (Fsp3) is 0.562. The molecule has 0 spiro atoms. The highest BCUT2D eigenvalue weighted by atomic mass is 32.2. The number of hydrogen-bond acceptors (Lipinski definition) is 5. The Labute approximate surface area is 141 Å². The fourth-order valence-corrected chi connectivity index (χ4v) is 4.28. The number of hydrogen-bond donors (Lipinski definition) is 1. The summed E-state index contributed by atoms with van der Waals surface area (Å²) in [6, 6.07) is 8.54. The minimum atomic E-state index is -0.670. The molecule has 1 fully saturated rings. The third kappa shape index (κ3) is 5.19. The Morgan fingerprint density at radius 2 is 1.91 bits per heavy atom. The molecule has 6 heteroatoms. The van der Waals surface area contributed by atoms with Crippen LogP contribution in [-0.2, 0) is 4.79 Å². The van der Waals surface area contributed by atoms with E-state index in [-0.39, 0.29) is 5.92 Å². The van der Waals surface area contributed by atoms with Crippen LogP contribution in [0.3, 0.4) is 0 Å². The van der Waals surface area contributed by atoms with Gasteiger partial charge in [-0.2, -0.15) is 0 Å². The quantitative estimate of drug-likeness (QED) is 0.761. The van der Waals surface area contributed by atoms with Crippen molar-refractivity contribution in [2.45, 2.75) is 36.5 Å². The van der Waals surface area contributed by atoms with E-state index in [4.69, 9.17) is 5.11 Å². The summed E-state index contributed by atoms with van der Waals surface area (Å²) in [5, 5.41) is 9.15. The van der Waals surface area contributed by atoms with E-state index in [2.05, 4.69) is 46.7 Å². The monoisotopic (exact) mass is 340 g/mol. The zero-order valence-electron chi connectivity index (χ0n) is 13.2. The minimum Gasteiger partial charge on any atom is -0.481 e. The van der Waals surface area contributed by atoms with E-state index in [0.29, 0.717) is 6.54 Å². The third-order valence-electron chi connectivity index (χ3n) is 3.73. The molecule has 1 N–H and O–H groups in total. The van der Waals surface area contributed by atoms with Crippen molar-refractivity contribution in [3.8, 4) is 0 Å². The number of benzene rings is 1. The molecule has 0 bridgehead atoms. The van der Waals surface area contributed by atoms with Crippen molar-refractivity contribution in [2.75, 3.05) is 26.2 Å². The summed E-state index contributed by atoms with van der Waals surface area (Å²) in [5.41, 5.74) is 0. The van der Waals surface area contributed by atoms with Crippen LogP contribution < -0.4 is 0 Å². The number of carboxylic acid groups (broad SMARTS) is 1. The molecule has 122 valence electrons. The number of carbonyl (C=O) groups is 1. The molecule has 0 saturated carbocycles. The lowest BCUT2D eigenvalue weighted by atomic mass is 10.0. The summed E-state index contributed by atoms with van der Waals surface area (Å²) in [7, 11) is 0. The lowest BCUT2D eigenvalue weighted by Gasteiger charge is -2.29. The molecule has 1 aliphatic heterocycles. The van der Waals surface area contributed by atoms with Crippen molar-refractivity contribution < 1.29 is 9.90 Å². The molecule has 0 aliphatic carbocycles. The predicted octanol–water partition coefficient (Wildman–Crippen LogP) is 3.84. The first-order valence-corrected chi connectivity index (χ1v) is 9.35. The maximum atomic E-state index is 11.1. The van der Waals surface area contributed by atoms with Gasteiger partial charge in [0.25, 0.3) is 0 Å². The largest absolute Gasteiger partial charge is 0.481 e. The second kappa shape index (κ2) is 8.82. The molecule has 0 amide bonds. The summed E-state index contributed by atoms with van der Waals surface area (Å²) in [6.07, 6.45) is 1.76. The smallest absolute Gasteiger partial charge is 0.307 e. The van der Waals surface area contributed by atoms with Crippen LogP contribution in [0.25, 0.3) is 0 Å². The van der Waals surface area contributed by atoms with Crippen LogP contribution in [0, 0.1) is 5.92 Å². The van der Waals surface area contributed by atoms with E-state index < -0.39 is 5.97 Å². The number of nitrogens with zero attached hydrogens (tertiary/aromatic N) is 2. The van der Waals surface area contributed by atoms with Gasteiger partial charge in [-0.25, -0.2) is 8.61 Å². The first kappa shape index (κ1) is 17.7. The van der Waals surface area contributed by atoms with Crippen molar-refractivity contribution in [2.24, 2.45) is 5.92 Å². The maximum Gasteiger partial charge on any atom is 0.307 e. The molecule has 22 heavy (non-hydrogen) atoms. The average molecular weight is 341 g/mol. The van der Waals surface area contributed by atoms with Crippen LogP contribution in [0.4, 0.5) is 0 Å². The van der Waals surface area contributed by atoms with Crippen molar-refractivity contribution in [3.63, 3.8) is 0 Å². The summed E-state index contributed by atoms with van der Waals surface area (Å²) in [5.74, 6) is -0.894. The molecule has 1 atom stereocenters. The molecule has 4 nitrogen and oxygen atoms in total. The molecule has 1 heterocycles. The Balaban J connectivity index is 1.89. The predicted molar refractivity (Wildman–Crippen MR) is 93.0 cm³/mol. The number of carboxylic acids is 1. The van der Waals surface area contributed by atoms with E-state index in [9.17, 15) is 4.79 Å². The zero-order valence-corrected chi connectivity index (χ0v) is 14.8. The second-order valence-corrected chi connectivity index (χ2v) is 7.67. The van der Waals surface area contributed by atoms with E-state index in [1.54, 1.807) is 23.9 Å². The third-order valence-corrected chi connectivity index (χ3v) is 6.06. The summed E-state index contributed by atoms with van der Waals surface area (Å²) < 4.78 is 4.49. The average Bonchev–Trinajstić information content (AvgIpc) is 2.54. The lowest BCUT2D eigenvalue weighted by molar-refractivity contribution is -0.142. The van der Waals surface area contributed by atoms with Crippen molar-refractivity contribution in [3.05, 3.63) is 24.3 Å². The number of rotatable bonds is 7. The molecule has 1 unspecified atom stereocenters. The van der Waals surface area contributed by atoms with Crippen LogP contribution in [0.15, 0.2) is 34.1 Å². The maximum absolute atomic E-state index is 11.1. The van der Waals surface area contributed by atoms with Gasteiger partial charge in [0, 0.05) is 36.0 Å². The Hall–Kier alpha value is -0.690. The van der Waals surface area contributed by atoms with E-state index >= 15 is 0 Å². The first-order chi connectivity index (χ1) is 10.6. The van der Waals surface area contributed by atoms with Gasteiger partial charge in [-0.15, -0.1) is 0 Å². The molecule has 2 rings (SSSR count). The molecule has 1 aliphatic rings. The van der Waals surface area contributed by atoms with Gasteiger partial charge in [-0.05, 0) is 61.0 Å². The highest BCUT2D eigenvalue weighted by Gasteiger charge is 2.25. The molecule has 1 aromatic rings. The fourth-order valence-electron chi connectivity index (χ4n) is 2.44. The summed E-state index contributed by atoms with van der Waals surface area (Å²) >= 11 is 3.45. The number of aliphatic carboxylic acids is 1. The van der Waals surface area contributed by atoms with Crippen LogP contribution in [0.2, 0.25) is 0 Å². The van der Waals surface area contributed by atoms with Gasteiger partial charge in [0.15, 0.2) is 0 Å². The van der Waals surface area contributed by atoms with Gasteiger partial charge >= 0.3 is 5.97 Å². The standard InChI is InChI=1S/C16H24N2O2S2/c1-3-17(4-2)21-14-7-9-15(10-8-14)22-18-11-5-6-13(12-18)16(19)20/h7-10,13H,3-6,11-12H2,1-2H3,(H,19,20). The zero-order chi connectivity index (χ0) is 15.9.